The Labute approximate surface area is 282 Å². The standard InChI is InChI=1S/C45H27N3O/c1-2-8-28(9-3-1)29-14-16-31(17-15-29)43-46-44(48-45(47-43)34-21-25-40-39-12-6-7-13-41(39)49-42(40)27-34)33-20-22-36-32(26-33)19-24-37-35-11-5-4-10-30(35)18-23-38(36)37/h1-27H. The number of fused-ring (bicyclic) bond motifs is 8. The zero-order valence-corrected chi connectivity index (χ0v) is 26.3. The molecule has 10 aromatic rings. The van der Waals surface area contributed by atoms with Crippen molar-refractivity contribution in [2.24, 2.45) is 0 Å². The summed E-state index contributed by atoms with van der Waals surface area (Å²) in [5, 5.41) is 9.50. The number of furan rings is 1. The van der Waals surface area contributed by atoms with Gasteiger partial charge in [-0.1, -0.05) is 140 Å². The first-order valence-corrected chi connectivity index (χ1v) is 16.4. The molecule has 49 heavy (non-hydrogen) atoms. The van der Waals surface area contributed by atoms with Crippen molar-refractivity contribution in [1.82, 2.24) is 15.0 Å². The molecule has 0 unspecified atom stereocenters. The SMILES string of the molecule is c1ccc(-c2ccc(-c3nc(-c4ccc5c(ccc6c7ccccc7ccc56)c4)nc(-c4ccc5c(c4)oc4ccccc45)n3)cc2)cc1. The number of rotatable bonds is 4. The van der Waals surface area contributed by atoms with Crippen LogP contribution in [0.1, 0.15) is 0 Å². The minimum absolute atomic E-state index is 0.597. The molecule has 4 heteroatoms. The number of nitrogens with zero attached hydrogens (tertiary/aromatic N) is 3. The summed E-state index contributed by atoms with van der Waals surface area (Å²) in [5.74, 6) is 1.84. The minimum Gasteiger partial charge on any atom is -0.456 e. The predicted molar refractivity (Wildman–Crippen MR) is 201 cm³/mol. The molecule has 4 nitrogen and oxygen atoms in total. The summed E-state index contributed by atoms with van der Waals surface area (Å²) in [6, 6.07) is 57.1. The molecule has 0 N–H and O–H groups in total. The smallest absolute Gasteiger partial charge is 0.164 e. The van der Waals surface area contributed by atoms with Gasteiger partial charge >= 0.3 is 0 Å². The van der Waals surface area contributed by atoms with Crippen molar-refractivity contribution in [1.29, 1.82) is 0 Å². The summed E-state index contributed by atoms with van der Waals surface area (Å²) in [6.07, 6.45) is 0. The van der Waals surface area contributed by atoms with Crippen molar-refractivity contribution in [3.05, 3.63) is 164 Å². The van der Waals surface area contributed by atoms with Crippen LogP contribution in [0.25, 0.3) is 99.5 Å². The first-order chi connectivity index (χ1) is 24.2. The maximum absolute atomic E-state index is 6.24. The van der Waals surface area contributed by atoms with E-state index in [2.05, 4.69) is 133 Å². The Morgan fingerprint density at radius 3 is 1.55 bits per heavy atom. The van der Waals surface area contributed by atoms with Crippen LogP contribution in [0.4, 0.5) is 0 Å². The van der Waals surface area contributed by atoms with E-state index in [1.807, 2.05) is 30.3 Å². The molecular formula is C45H27N3O. The second-order valence-electron chi connectivity index (χ2n) is 12.4. The second kappa shape index (κ2) is 11.0. The number of para-hydroxylation sites is 1. The maximum Gasteiger partial charge on any atom is 0.164 e. The number of hydrogen-bond acceptors (Lipinski definition) is 4. The van der Waals surface area contributed by atoms with Crippen LogP contribution in [0.2, 0.25) is 0 Å². The molecule has 0 aliphatic carbocycles. The van der Waals surface area contributed by atoms with E-state index < -0.39 is 0 Å². The van der Waals surface area contributed by atoms with Crippen LogP contribution < -0.4 is 0 Å². The summed E-state index contributed by atoms with van der Waals surface area (Å²) in [7, 11) is 0. The summed E-state index contributed by atoms with van der Waals surface area (Å²) < 4.78 is 6.24. The molecule has 0 spiro atoms. The van der Waals surface area contributed by atoms with Gasteiger partial charge in [-0.05, 0) is 67.7 Å². The first-order valence-electron chi connectivity index (χ1n) is 16.4. The van der Waals surface area contributed by atoms with Gasteiger partial charge in [-0.25, -0.2) is 15.0 Å². The lowest BCUT2D eigenvalue weighted by Gasteiger charge is -2.11. The van der Waals surface area contributed by atoms with E-state index in [1.165, 1.54) is 32.5 Å². The number of hydrogen-bond donors (Lipinski definition) is 0. The third-order valence-electron chi connectivity index (χ3n) is 9.52. The molecule has 0 atom stereocenters. The lowest BCUT2D eigenvalue weighted by molar-refractivity contribution is 0.669. The molecular weight excluding hydrogens is 599 g/mol. The Bertz CT molecular complexity index is 2870. The van der Waals surface area contributed by atoms with Crippen molar-refractivity contribution in [2.45, 2.75) is 0 Å². The topological polar surface area (TPSA) is 51.8 Å². The second-order valence-corrected chi connectivity index (χ2v) is 12.4. The Morgan fingerprint density at radius 1 is 0.286 bits per heavy atom. The summed E-state index contributed by atoms with van der Waals surface area (Å²) in [6.45, 7) is 0. The number of benzene rings is 8. The quantitative estimate of drug-likeness (QED) is 0.183. The molecule has 0 aliphatic rings. The Hall–Kier alpha value is -6.65. The van der Waals surface area contributed by atoms with Gasteiger partial charge in [-0.2, -0.15) is 0 Å². The van der Waals surface area contributed by atoms with Crippen LogP contribution in [0.5, 0.6) is 0 Å². The van der Waals surface area contributed by atoms with E-state index in [4.69, 9.17) is 19.4 Å². The van der Waals surface area contributed by atoms with Gasteiger partial charge in [-0.15, -0.1) is 0 Å². The van der Waals surface area contributed by atoms with Crippen molar-refractivity contribution in [3.8, 4) is 45.3 Å². The molecule has 0 bridgehead atoms. The lowest BCUT2D eigenvalue weighted by Crippen LogP contribution is -2.00. The molecule has 0 aliphatic heterocycles. The first kappa shape index (κ1) is 27.5. The van der Waals surface area contributed by atoms with E-state index in [-0.39, 0.29) is 0 Å². The monoisotopic (exact) mass is 625 g/mol. The highest BCUT2D eigenvalue weighted by molar-refractivity contribution is 6.17. The summed E-state index contributed by atoms with van der Waals surface area (Å²) >= 11 is 0. The molecule has 2 aromatic heterocycles. The van der Waals surface area contributed by atoms with Crippen LogP contribution >= 0.6 is 0 Å². The molecule has 228 valence electrons. The van der Waals surface area contributed by atoms with E-state index in [0.717, 1.165) is 49.6 Å². The minimum atomic E-state index is 0.597. The fourth-order valence-electron chi connectivity index (χ4n) is 7.04. The van der Waals surface area contributed by atoms with E-state index in [0.29, 0.717) is 17.5 Å². The molecule has 8 aromatic carbocycles. The van der Waals surface area contributed by atoms with Crippen molar-refractivity contribution in [3.63, 3.8) is 0 Å². The van der Waals surface area contributed by atoms with E-state index >= 15 is 0 Å². The van der Waals surface area contributed by atoms with Gasteiger partial charge in [0.05, 0.1) is 0 Å². The molecule has 0 saturated carbocycles. The Kier molecular flexibility index (Phi) is 6.15. The van der Waals surface area contributed by atoms with Crippen LogP contribution in [-0.4, -0.2) is 15.0 Å². The Balaban J connectivity index is 1.13. The van der Waals surface area contributed by atoms with Gasteiger partial charge in [0.15, 0.2) is 17.5 Å². The summed E-state index contributed by atoms with van der Waals surface area (Å²) in [5.41, 5.74) is 6.71. The zero-order valence-electron chi connectivity index (χ0n) is 26.3. The average Bonchev–Trinajstić information content (AvgIpc) is 3.55. The third-order valence-corrected chi connectivity index (χ3v) is 9.52. The Morgan fingerprint density at radius 2 is 0.776 bits per heavy atom. The van der Waals surface area contributed by atoms with Crippen LogP contribution in [-0.2, 0) is 0 Å². The van der Waals surface area contributed by atoms with Crippen molar-refractivity contribution < 1.29 is 4.42 Å². The van der Waals surface area contributed by atoms with Crippen molar-refractivity contribution in [2.75, 3.05) is 0 Å². The van der Waals surface area contributed by atoms with Crippen LogP contribution in [0.3, 0.4) is 0 Å². The molecule has 0 radical (unpaired) electrons. The van der Waals surface area contributed by atoms with Gasteiger partial charge in [0.25, 0.3) is 0 Å². The highest BCUT2D eigenvalue weighted by atomic mass is 16.3. The average molecular weight is 626 g/mol. The molecule has 10 rings (SSSR count). The fraction of sp³-hybridized carbons (Fsp3) is 0. The van der Waals surface area contributed by atoms with Crippen LogP contribution in [0.15, 0.2) is 168 Å². The van der Waals surface area contributed by atoms with Gasteiger partial charge in [-0.3, -0.25) is 0 Å². The largest absolute Gasteiger partial charge is 0.456 e. The maximum atomic E-state index is 6.24. The zero-order chi connectivity index (χ0) is 32.3. The van der Waals surface area contributed by atoms with E-state index in [1.54, 1.807) is 0 Å². The van der Waals surface area contributed by atoms with Gasteiger partial charge in [0.2, 0.25) is 0 Å². The third kappa shape index (κ3) is 4.65. The lowest BCUT2D eigenvalue weighted by atomic mass is 9.96. The van der Waals surface area contributed by atoms with Gasteiger partial charge in [0, 0.05) is 27.5 Å². The summed E-state index contributed by atoms with van der Waals surface area (Å²) in [4.78, 5) is 15.2. The van der Waals surface area contributed by atoms with Crippen LogP contribution in [0, 0.1) is 0 Å². The van der Waals surface area contributed by atoms with Gasteiger partial charge in [0.1, 0.15) is 11.2 Å². The molecule has 0 fully saturated rings. The highest BCUT2D eigenvalue weighted by Gasteiger charge is 2.16. The van der Waals surface area contributed by atoms with Crippen molar-refractivity contribution >= 4 is 54.3 Å². The predicted octanol–water partition coefficient (Wildman–Crippen LogP) is 11.9. The normalized spacial score (nSPS) is 11.7. The van der Waals surface area contributed by atoms with E-state index in [9.17, 15) is 0 Å². The number of aromatic nitrogens is 3. The molecule has 2 heterocycles. The highest BCUT2D eigenvalue weighted by Crippen LogP contribution is 2.35. The fourth-order valence-corrected chi connectivity index (χ4v) is 7.04. The molecule has 0 amide bonds. The molecule has 0 saturated heterocycles. The van der Waals surface area contributed by atoms with Gasteiger partial charge < -0.3 is 4.42 Å².